The van der Waals surface area contributed by atoms with Crippen LogP contribution < -0.4 is 10.5 Å². The van der Waals surface area contributed by atoms with Gasteiger partial charge in [0.2, 0.25) is 0 Å². The number of phenols is 1. The molecule has 1 aromatic rings. The van der Waals surface area contributed by atoms with E-state index in [-0.39, 0.29) is 12.4 Å². The first kappa shape index (κ1) is 23.0. The van der Waals surface area contributed by atoms with Crippen LogP contribution in [-0.4, -0.2) is 29.0 Å². The summed E-state index contributed by atoms with van der Waals surface area (Å²) in [5.41, 5.74) is 6.69. The first-order chi connectivity index (χ1) is 13.3. The number of hydrogen-bond donors (Lipinski definition) is 3. The molecule has 28 heavy (non-hydrogen) atoms. The van der Waals surface area contributed by atoms with Crippen LogP contribution in [0.15, 0.2) is 18.2 Å². The molecule has 1 unspecified atom stereocenters. The molecule has 160 valence electrons. The van der Waals surface area contributed by atoms with Crippen LogP contribution in [0, 0.1) is 17.8 Å². The molecule has 4 nitrogen and oxygen atoms in total. The molecule has 1 aliphatic rings. The summed E-state index contributed by atoms with van der Waals surface area (Å²) >= 11 is 0. The Morgan fingerprint density at radius 2 is 1.93 bits per heavy atom. The average Bonchev–Trinajstić information content (AvgIpc) is 3.44. The lowest BCUT2D eigenvalue weighted by atomic mass is 9.87. The van der Waals surface area contributed by atoms with Gasteiger partial charge in [0.1, 0.15) is 11.5 Å². The molecule has 0 radical (unpaired) electrons. The van der Waals surface area contributed by atoms with Crippen molar-refractivity contribution in [2.45, 2.75) is 84.1 Å². The number of benzene rings is 1. The Kier molecular flexibility index (Phi) is 9.10. The zero-order valence-electron chi connectivity index (χ0n) is 18.1. The van der Waals surface area contributed by atoms with Gasteiger partial charge in [-0.25, -0.2) is 0 Å². The van der Waals surface area contributed by atoms with Gasteiger partial charge >= 0.3 is 0 Å². The molecule has 4 N–H and O–H groups in total. The molecule has 0 amide bonds. The predicted octanol–water partition coefficient (Wildman–Crippen LogP) is 5.05. The van der Waals surface area contributed by atoms with E-state index in [1.165, 1.54) is 32.1 Å². The van der Waals surface area contributed by atoms with Crippen LogP contribution in [0.1, 0.15) is 77.7 Å². The highest BCUT2D eigenvalue weighted by atomic mass is 16.5. The van der Waals surface area contributed by atoms with Crippen molar-refractivity contribution in [3.8, 4) is 11.5 Å². The fraction of sp³-hybridized carbons (Fsp3) is 0.750. The van der Waals surface area contributed by atoms with E-state index in [0.717, 1.165) is 30.1 Å². The number of aromatic hydroxyl groups is 1. The van der Waals surface area contributed by atoms with Crippen LogP contribution in [0.3, 0.4) is 0 Å². The predicted molar refractivity (Wildman–Crippen MR) is 116 cm³/mol. The van der Waals surface area contributed by atoms with Crippen molar-refractivity contribution >= 4 is 0 Å². The minimum atomic E-state index is -0.533. The summed E-state index contributed by atoms with van der Waals surface area (Å²) in [6.07, 6.45) is 9.55. The lowest BCUT2D eigenvalue weighted by Crippen LogP contribution is -2.44. The second-order valence-electron chi connectivity index (χ2n) is 9.53. The topological polar surface area (TPSA) is 75.7 Å². The molecular formula is C24H41NO3. The molecule has 0 bridgehead atoms. The van der Waals surface area contributed by atoms with Crippen LogP contribution >= 0.6 is 0 Å². The normalized spacial score (nSPS) is 17.5. The molecule has 4 heteroatoms. The summed E-state index contributed by atoms with van der Waals surface area (Å²) in [6, 6.07) is 5.55. The highest BCUT2D eigenvalue weighted by molar-refractivity contribution is 5.39. The van der Waals surface area contributed by atoms with Gasteiger partial charge in [0.15, 0.2) is 0 Å². The molecule has 1 aliphatic carbocycles. The summed E-state index contributed by atoms with van der Waals surface area (Å²) < 4.78 is 5.84. The number of ether oxygens (including phenoxy) is 1. The van der Waals surface area contributed by atoms with Gasteiger partial charge in [0.25, 0.3) is 0 Å². The van der Waals surface area contributed by atoms with Gasteiger partial charge < -0.3 is 20.7 Å². The third-order valence-electron chi connectivity index (χ3n) is 6.01. The number of aliphatic hydroxyl groups is 1. The smallest absolute Gasteiger partial charge is 0.122 e. The van der Waals surface area contributed by atoms with Gasteiger partial charge in [0, 0.05) is 11.6 Å². The van der Waals surface area contributed by atoms with E-state index in [2.05, 4.69) is 20.8 Å². The first-order valence-corrected chi connectivity index (χ1v) is 11.2. The van der Waals surface area contributed by atoms with Crippen molar-refractivity contribution in [1.29, 1.82) is 0 Å². The zero-order chi connectivity index (χ0) is 20.6. The Morgan fingerprint density at radius 1 is 1.18 bits per heavy atom. The van der Waals surface area contributed by atoms with E-state index in [1.807, 2.05) is 12.1 Å². The summed E-state index contributed by atoms with van der Waals surface area (Å²) in [5.74, 6) is 3.09. The van der Waals surface area contributed by atoms with Gasteiger partial charge in [-0.2, -0.15) is 0 Å². The Bertz CT molecular complexity index is 585. The molecule has 1 saturated carbocycles. The van der Waals surface area contributed by atoms with Crippen LogP contribution in [0.2, 0.25) is 0 Å². The van der Waals surface area contributed by atoms with Crippen LogP contribution in [0.4, 0.5) is 0 Å². The molecule has 0 heterocycles. The number of hydrogen-bond acceptors (Lipinski definition) is 4. The Balaban J connectivity index is 1.73. The highest BCUT2D eigenvalue weighted by Crippen LogP contribution is 2.37. The Labute approximate surface area is 171 Å². The van der Waals surface area contributed by atoms with Crippen molar-refractivity contribution in [3.63, 3.8) is 0 Å². The second-order valence-corrected chi connectivity index (χ2v) is 9.53. The summed E-state index contributed by atoms with van der Waals surface area (Å²) in [5, 5.41) is 20.0. The highest BCUT2D eigenvalue weighted by Gasteiger charge is 2.33. The molecule has 0 saturated heterocycles. The molecule has 0 aliphatic heterocycles. The van der Waals surface area contributed by atoms with E-state index in [0.29, 0.717) is 31.3 Å². The van der Waals surface area contributed by atoms with Crippen molar-refractivity contribution in [3.05, 3.63) is 23.8 Å². The molecule has 1 aromatic carbocycles. The minimum Gasteiger partial charge on any atom is -0.508 e. The van der Waals surface area contributed by atoms with E-state index in [9.17, 15) is 10.2 Å². The summed E-state index contributed by atoms with van der Waals surface area (Å²) in [4.78, 5) is 0. The van der Waals surface area contributed by atoms with Gasteiger partial charge in [-0.05, 0) is 55.1 Å². The largest absolute Gasteiger partial charge is 0.508 e. The maximum atomic E-state index is 10.3. The van der Waals surface area contributed by atoms with E-state index < -0.39 is 5.54 Å². The molecule has 2 rings (SSSR count). The summed E-state index contributed by atoms with van der Waals surface area (Å²) in [6.45, 7) is 7.51. The standard InChI is InChI=1S/C24H41NO3/c1-18(2)5-4-6-19(3)12-14-28-22-10-9-21(23(27)15-22)11-13-24(25,17-26)16-20-7-8-20/h9-10,15,18-20,26-27H,4-8,11-14,16-17,25H2,1-3H3/t19?,24-/m0/s1. The monoisotopic (exact) mass is 391 g/mol. The lowest BCUT2D eigenvalue weighted by molar-refractivity contribution is 0.172. The zero-order valence-corrected chi connectivity index (χ0v) is 18.1. The third kappa shape index (κ3) is 8.40. The van der Waals surface area contributed by atoms with Crippen molar-refractivity contribution in [1.82, 2.24) is 0 Å². The molecular weight excluding hydrogens is 350 g/mol. The maximum absolute atomic E-state index is 10.3. The second kappa shape index (κ2) is 11.1. The molecule has 1 fully saturated rings. The first-order valence-electron chi connectivity index (χ1n) is 11.2. The van der Waals surface area contributed by atoms with Crippen LogP contribution in [-0.2, 0) is 6.42 Å². The quantitative estimate of drug-likeness (QED) is 0.415. The molecule has 2 atom stereocenters. The third-order valence-corrected chi connectivity index (χ3v) is 6.01. The SMILES string of the molecule is CC(C)CCCC(C)CCOc1ccc(CC[C@@](N)(CO)CC2CC2)c(O)c1. The van der Waals surface area contributed by atoms with Crippen LogP contribution in [0.25, 0.3) is 0 Å². The van der Waals surface area contributed by atoms with E-state index in [4.69, 9.17) is 10.5 Å². The summed E-state index contributed by atoms with van der Waals surface area (Å²) in [7, 11) is 0. The Hall–Kier alpha value is -1.26. The number of nitrogens with two attached hydrogens (primary N) is 1. The van der Waals surface area contributed by atoms with Gasteiger partial charge in [-0.15, -0.1) is 0 Å². The van der Waals surface area contributed by atoms with Crippen LogP contribution in [0.5, 0.6) is 11.5 Å². The van der Waals surface area contributed by atoms with Gasteiger partial charge in [-0.3, -0.25) is 0 Å². The number of aryl methyl sites for hydroxylation is 1. The lowest BCUT2D eigenvalue weighted by Gasteiger charge is -2.27. The number of rotatable bonds is 14. The van der Waals surface area contributed by atoms with E-state index >= 15 is 0 Å². The molecule has 0 spiro atoms. The number of aliphatic hydroxyl groups excluding tert-OH is 1. The fourth-order valence-electron chi connectivity index (χ4n) is 3.77. The maximum Gasteiger partial charge on any atom is 0.122 e. The van der Waals surface area contributed by atoms with Crippen molar-refractivity contribution in [2.24, 2.45) is 23.5 Å². The molecule has 0 aromatic heterocycles. The van der Waals surface area contributed by atoms with Crippen molar-refractivity contribution < 1.29 is 14.9 Å². The van der Waals surface area contributed by atoms with Gasteiger partial charge in [0.05, 0.1) is 13.2 Å². The van der Waals surface area contributed by atoms with Gasteiger partial charge in [-0.1, -0.05) is 58.9 Å². The minimum absolute atomic E-state index is 0.000803. The number of phenolic OH excluding ortho intramolecular Hbond substituents is 1. The van der Waals surface area contributed by atoms with Crippen molar-refractivity contribution in [2.75, 3.05) is 13.2 Å². The fourth-order valence-corrected chi connectivity index (χ4v) is 3.77. The Morgan fingerprint density at radius 3 is 2.54 bits per heavy atom. The average molecular weight is 392 g/mol. The van der Waals surface area contributed by atoms with E-state index in [1.54, 1.807) is 6.07 Å².